The molecule has 0 amide bonds. The summed E-state index contributed by atoms with van der Waals surface area (Å²) in [4.78, 5) is 17.7. The van der Waals surface area contributed by atoms with E-state index in [1.807, 2.05) is 31.2 Å². The minimum atomic E-state index is -0.166. The van der Waals surface area contributed by atoms with Gasteiger partial charge in [-0.3, -0.25) is 9.78 Å². The van der Waals surface area contributed by atoms with Crippen molar-refractivity contribution >= 4 is 28.5 Å². The van der Waals surface area contributed by atoms with E-state index in [1.54, 1.807) is 12.3 Å². The van der Waals surface area contributed by atoms with Crippen molar-refractivity contribution < 1.29 is 4.79 Å². The third-order valence-corrected chi connectivity index (χ3v) is 5.16. The third kappa shape index (κ3) is 2.33. The number of aromatic nitrogens is 3. The number of rotatable bonds is 3. The Labute approximate surface area is 145 Å². The fraction of sp³-hybridized carbons (Fsp3) is 0.316. The molecule has 24 heavy (non-hydrogen) atoms. The van der Waals surface area contributed by atoms with Gasteiger partial charge in [0, 0.05) is 6.20 Å². The molecule has 0 aliphatic heterocycles. The van der Waals surface area contributed by atoms with Gasteiger partial charge in [-0.05, 0) is 48.9 Å². The van der Waals surface area contributed by atoms with Crippen molar-refractivity contribution in [3.05, 3.63) is 58.4 Å². The van der Waals surface area contributed by atoms with Crippen LogP contribution in [-0.2, 0) is 6.42 Å². The number of carbonyl (C=O) groups excluding carboxylic acids is 1. The molecule has 2 aromatic heterocycles. The summed E-state index contributed by atoms with van der Waals surface area (Å²) in [5.41, 5.74) is 3.98. The Morgan fingerprint density at radius 3 is 2.83 bits per heavy atom. The summed E-state index contributed by atoms with van der Waals surface area (Å²) in [6, 6.07) is 9.43. The number of nitrogens with zero attached hydrogens (tertiary/aromatic N) is 3. The molecule has 1 saturated carbocycles. The summed E-state index contributed by atoms with van der Waals surface area (Å²) in [5, 5.41) is 5.01. The maximum Gasteiger partial charge on any atom is 0.280 e. The fourth-order valence-electron chi connectivity index (χ4n) is 3.34. The van der Waals surface area contributed by atoms with Crippen molar-refractivity contribution in [1.82, 2.24) is 14.8 Å². The van der Waals surface area contributed by atoms with E-state index >= 15 is 0 Å². The zero-order chi connectivity index (χ0) is 16.7. The summed E-state index contributed by atoms with van der Waals surface area (Å²) in [6.07, 6.45) is 5.89. The van der Waals surface area contributed by atoms with Crippen LogP contribution in [0.2, 0.25) is 5.02 Å². The maximum atomic E-state index is 13.3. The summed E-state index contributed by atoms with van der Waals surface area (Å²) in [6.45, 7) is 2.01. The average molecular weight is 340 g/mol. The largest absolute Gasteiger partial charge is 0.280 e. The fourth-order valence-corrected chi connectivity index (χ4v) is 3.60. The van der Waals surface area contributed by atoms with Crippen molar-refractivity contribution in [3.63, 3.8) is 0 Å². The molecule has 0 N–H and O–H groups in total. The molecule has 2 heterocycles. The van der Waals surface area contributed by atoms with Crippen LogP contribution in [0.1, 0.15) is 53.7 Å². The Kier molecular flexibility index (Phi) is 3.85. The standard InChI is InChI=1S/C19H18ClN3O/c1-2-15-18-16(10-5-11-21-18)23(22-15)19(24)17-13(12-6-3-7-12)8-4-9-14(17)20/h4-5,8-12H,2-3,6-7H2,1H3. The van der Waals surface area contributed by atoms with E-state index in [2.05, 4.69) is 10.1 Å². The number of halogens is 1. The minimum absolute atomic E-state index is 0.166. The first-order chi connectivity index (χ1) is 11.7. The lowest BCUT2D eigenvalue weighted by Crippen LogP contribution is -2.20. The molecule has 0 radical (unpaired) electrons. The highest BCUT2D eigenvalue weighted by Gasteiger charge is 2.28. The number of benzene rings is 1. The van der Waals surface area contributed by atoms with Crippen LogP contribution in [0.4, 0.5) is 0 Å². The lowest BCUT2D eigenvalue weighted by molar-refractivity contribution is 0.0948. The number of pyridine rings is 1. The third-order valence-electron chi connectivity index (χ3n) is 4.84. The van der Waals surface area contributed by atoms with E-state index in [1.165, 1.54) is 11.1 Å². The van der Waals surface area contributed by atoms with Crippen LogP contribution in [0.5, 0.6) is 0 Å². The molecular weight excluding hydrogens is 322 g/mol. The molecule has 1 aromatic carbocycles. The maximum absolute atomic E-state index is 13.3. The highest BCUT2D eigenvalue weighted by Crippen LogP contribution is 2.40. The zero-order valence-corrected chi connectivity index (χ0v) is 14.3. The summed E-state index contributed by atoms with van der Waals surface area (Å²) in [5.74, 6) is 0.258. The Bertz CT molecular complexity index is 928. The van der Waals surface area contributed by atoms with Gasteiger partial charge < -0.3 is 0 Å². The molecule has 0 spiro atoms. The molecular formula is C19H18ClN3O. The first-order valence-electron chi connectivity index (χ1n) is 8.36. The number of carbonyl (C=O) groups is 1. The van der Waals surface area contributed by atoms with Crippen LogP contribution < -0.4 is 0 Å². The topological polar surface area (TPSA) is 47.8 Å². The van der Waals surface area contributed by atoms with Gasteiger partial charge in [0.15, 0.2) is 0 Å². The Balaban J connectivity index is 1.89. The van der Waals surface area contributed by atoms with Gasteiger partial charge in [0.05, 0.1) is 21.8 Å². The van der Waals surface area contributed by atoms with Crippen molar-refractivity contribution in [2.75, 3.05) is 0 Å². The van der Waals surface area contributed by atoms with Crippen LogP contribution in [0.25, 0.3) is 11.0 Å². The molecule has 0 saturated heterocycles. The second kappa shape index (κ2) is 6.02. The monoisotopic (exact) mass is 339 g/mol. The molecule has 1 aliphatic rings. The summed E-state index contributed by atoms with van der Waals surface area (Å²) >= 11 is 6.41. The molecule has 0 atom stereocenters. The first-order valence-corrected chi connectivity index (χ1v) is 8.74. The van der Waals surface area contributed by atoms with E-state index < -0.39 is 0 Å². The van der Waals surface area contributed by atoms with Crippen LogP contribution in [-0.4, -0.2) is 20.7 Å². The van der Waals surface area contributed by atoms with Gasteiger partial charge in [-0.25, -0.2) is 0 Å². The van der Waals surface area contributed by atoms with Gasteiger partial charge in [0.2, 0.25) is 0 Å². The van der Waals surface area contributed by atoms with Crippen LogP contribution >= 0.6 is 11.6 Å². The van der Waals surface area contributed by atoms with Gasteiger partial charge in [0.1, 0.15) is 5.52 Å². The van der Waals surface area contributed by atoms with Gasteiger partial charge in [-0.1, -0.05) is 37.1 Å². The first kappa shape index (κ1) is 15.3. The van der Waals surface area contributed by atoms with Crippen molar-refractivity contribution in [2.45, 2.75) is 38.5 Å². The Morgan fingerprint density at radius 1 is 1.29 bits per heavy atom. The molecule has 4 rings (SSSR count). The van der Waals surface area contributed by atoms with Crippen LogP contribution in [0, 0.1) is 0 Å². The molecule has 0 bridgehead atoms. The average Bonchev–Trinajstić information content (AvgIpc) is 2.92. The van der Waals surface area contributed by atoms with Crippen molar-refractivity contribution in [3.8, 4) is 0 Å². The van der Waals surface area contributed by atoms with E-state index in [0.717, 1.165) is 41.6 Å². The van der Waals surface area contributed by atoms with Crippen LogP contribution in [0.15, 0.2) is 36.5 Å². The minimum Gasteiger partial charge on any atom is -0.267 e. The number of fused-ring (bicyclic) bond motifs is 1. The van der Waals surface area contributed by atoms with Gasteiger partial charge in [-0.15, -0.1) is 0 Å². The van der Waals surface area contributed by atoms with Crippen molar-refractivity contribution in [2.24, 2.45) is 0 Å². The van der Waals surface area contributed by atoms with Gasteiger partial charge in [0.25, 0.3) is 5.91 Å². The van der Waals surface area contributed by atoms with Gasteiger partial charge in [-0.2, -0.15) is 9.78 Å². The highest BCUT2D eigenvalue weighted by molar-refractivity contribution is 6.34. The molecule has 0 unspecified atom stereocenters. The molecule has 3 aromatic rings. The van der Waals surface area contributed by atoms with E-state index in [-0.39, 0.29) is 5.91 Å². The van der Waals surface area contributed by atoms with E-state index in [9.17, 15) is 4.79 Å². The normalized spacial score (nSPS) is 14.8. The zero-order valence-electron chi connectivity index (χ0n) is 13.5. The number of aryl methyl sites for hydroxylation is 1. The Morgan fingerprint density at radius 2 is 2.12 bits per heavy atom. The molecule has 5 heteroatoms. The second-order valence-electron chi connectivity index (χ2n) is 6.22. The predicted molar refractivity (Wildman–Crippen MR) is 94.7 cm³/mol. The second-order valence-corrected chi connectivity index (χ2v) is 6.63. The van der Waals surface area contributed by atoms with Crippen LogP contribution in [0.3, 0.4) is 0 Å². The lowest BCUT2D eigenvalue weighted by atomic mass is 9.78. The number of hydrogen-bond acceptors (Lipinski definition) is 3. The summed E-state index contributed by atoms with van der Waals surface area (Å²) in [7, 11) is 0. The molecule has 122 valence electrons. The van der Waals surface area contributed by atoms with Crippen molar-refractivity contribution in [1.29, 1.82) is 0 Å². The lowest BCUT2D eigenvalue weighted by Gasteiger charge is -2.27. The smallest absolute Gasteiger partial charge is 0.267 e. The van der Waals surface area contributed by atoms with E-state index in [4.69, 9.17) is 11.6 Å². The summed E-state index contributed by atoms with van der Waals surface area (Å²) < 4.78 is 1.46. The van der Waals surface area contributed by atoms with Gasteiger partial charge >= 0.3 is 0 Å². The van der Waals surface area contributed by atoms with E-state index in [0.29, 0.717) is 16.5 Å². The molecule has 4 nitrogen and oxygen atoms in total. The molecule has 1 aliphatic carbocycles. The SMILES string of the molecule is CCc1nn(C(=O)c2c(Cl)cccc2C2CCC2)c2cccnc12. The Hall–Kier alpha value is -2.20. The number of hydrogen-bond donors (Lipinski definition) is 0. The quantitative estimate of drug-likeness (QED) is 0.700. The highest BCUT2D eigenvalue weighted by atomic mass is 35.5. The molecule has 1 fully saturated rings. The predicted octanol–water partition coefficient (Wildman–Crippen LogP) is 4.60.